The van der Waals surface area contributed by atoms with Gasteiger partial charge in [-0.25, -0.2) is 4.98 Å². The summed E-state index contributed by atoms with van der Waals surface area (Å²) < 4.78 is 5.45. The first-order chi connectivity index (χ1) is 10.3. The van der Waals surface area contributed by atoms with Crippen LogP contribution in [0.5, 0.6) is 0 Å². The van der Waals surface area contributed by atoms with Gasteiger partial charge in [0.1, 0.15) is 5.82 Å². The monoisotopic (exact) mass is 285 g/mol. The lowest BCUT2D eigenvalue weighted by Crippen LogP contribution is -2.36. The molecule has 1 aliphatic heterocycles. The zero-order valence-corrected chi connectivity index (χ0v) is 12.9. The van der Waals surface area contributed by atoms with Crippen LogP contribution in [0.15, 0.2) is 24.3 Å². The molecule has 1 aromatic heterocycles. The summed E-state index contributed by atoms with van der Waals surface area (Å²) in [6.07, 6.45) is 1.10. The van der Waals surface area contributed by atoms with Crippen molar-refractivity contribution in [2.45, 2.75) is 20.3 Å². The van der Waals surface area contributed by atoms with Crippen LogP contribution in [0.4, 0.5) is 11.5 Å². The Balaban J connectivity index is 2.03. The van der Waals surface area contributed by atoms with Gasteiger partial charge in [-0.3, -0.25) is 0 Å². The predicted molar refractivity (Wildman–Crippen MR) is 88.3 cm³/mol. The van der Waals surface area contributed by atoms with Crippen LogP contribution < -0.4 is 10.2 Å². The number of pyridine rings is 1. The Morgan fingerprint density at radius 2 is 2.10 bits per heavy atom. The maximum atomic E-state index is 5.45. The minimum absolute atomic E-state index is 0.795. The lowest BCUT2D eigenvalue weighted by atomic mass is 10.1. The summed E-state index contributed by atoms with van der Waals surface area (Å²) in [7, 11) is 0. The number of nitrogens with zero attached hydrogens (tertiary/aromatic N) is 2. The van der Waals surface area contributed by atoms with E-state index in [4.69, 9.17) is 9.72 Å². The van der Waals surface area contributed by atoms with E-state index in [0.29, 0.717) is 0 Å². The summed E-state index contributed by atoms with van der Waals surface area (Å²) in [4.78, 5) is 7.27. The predicted octanol–water partition coefficient (Wildman–Crippen LogP) is 3.20. The molecule has 2 heterocycles. The number of anilines is 2. The number of nitrogens with one attached hydrogen (secondary N) is 1. The summed E-state index contributed by atoms with van der Waals surface area (Å²) >= 11 is 0. The highest BCUT2D eigenvalue weighted by atomic mass is 16.5. The topological polar surface area (TPSA) is 37.4 Å². The Kier molecular flexibility index (Phi) is 4.25. The van der Waals surface area contributed by atoms with Crippen LogP contribution in [0.25, 0.3) is 10.9 Å². The molecular weight excluding hydrogens is 262 g/mol. The van der Waals surface area contributed by atoms with E-state index in [1.165, 1.54) is 16.6 Å². The smallest absolute Gasteiger partial charge is 0.129 e. The van der Waals surface area contributed by atoms with Gasteiger partial charge in [-0.2, -0.15) is 0 Å². The lowest BCUT2D eigenvalue weighted by molar-refractivity contribution is 0.123. The Labute approximate surface area is 126 Å². The Morgan fingerprint density at radius 3 is 2.86 bits per heavy atom. The second kappa shape index (κ2) is 6.31. The normalized spacial score (nSPS) is 15.4. The van der Waals surface area contributed by atoms with E-state index in [1.807, 2.05) is 0 Å². The van der Waals surface area contributed by atoms with Crippen molar-refractivity contribution in [3.63, 3.8) is 0 Å². The number of ether oxygens (including phenoxy) is 1. The van der Waals surface area contributed by atoms with Crippen LogP contribution >= 0.6 is 0 Å². The van der Waals surface area contributed by atoms with Gasteiger partial charge >= 0.3 is 0 Å². The molecule has 1 N–H and O–H groups in total. The second-order valence-electron chi connectivity index (χ2n) is 5.53. The average Bonchev–Trinajstić information content (AvgIpc) is 2.53. The highest BCUT2D eigenvalue weighted by molar-refractivity contribution is 5.92. The molecule has 0 radical (unpaired) electrons. The molecule has 0 spiro atoms. The highest BCUT2D eigenvalue weighted by Crippen LogP contribution is 2.29. The van der Waals surface area contributed by atoms with Gasteiger partial charge in [0.2, 0.25) is 0 Å². The maximum absolute atomic E-state index is 5.45. The quantitative estimate of drug-likeness (QED) is 0.936. The molecular formula is C17H23N3O. The van der Waals surface area contributed by atoms with Gasteiger partial charge in [-0.15, -0.1) is 0 Å². The number of aromatic nitrogens is 1. The third-order valence-electron chi connectivity index (χ3n) is 3.91. The van der Waals surface area contributed by atoms with E-state index in [9.17, 15) is 0 Å². The standard InChI is InChI=1S/C17H23N3O/c1-3-7-18-17-13(2)12-14-5-4-6-15(16(14)19-17)20-8-10-21-11-9-20/h4-6,12H,3,7-11H2,1-2H3,(H,18,19). The second-order valence-corrected chi connectivity index (χ2v) is 5.53. The van der Waals surface area contributed by atoms with E-state index >= 15 is 0 Å². The fraction of sp³-hybridized carbons (Fsp3) is 0.471. The van der Waals surface area contributed by atoms with Crippen LogP contribution in [0, 0.1) is 6.92 Å². The molecule has 0 saturated carbocycles. The number of aryl methyl sites for hydroxylation is 1. The summed E-state index contributed by atoms with van der Waals surface area (Å²) in [5.41, 5.74) is 3.51. The Bertz CT molecular complexity index is 621. The largest absolute Gasteiger partial charge is 0.378 e. The van der Waals surface area contributed by atoms with Crippen molar-refractivity contribution in [3.05, 3.63) is 29.8 Å². The van der Waals surface area contributed by atoms with Crippen LogP contribution in [0.3, 0.4) is 0 Å². The zero-order chi connectivity index (χ0) is 14.7. The minimum Gasteiger partial charge on any atom is -0.378 e. The minimum atomic E-state index is 0.795. The summed E-state index contributed by atoms with van der Waals surface area (Å²) in [6.45, 7) is 8.71. The number of para-hydroxylation sites is 1. The molecule has 0 amide bonds. The number of morpholine rings is 1. The van der Waals surface area contributed by atoms with Crippen molar-refractivity contribution in [3.8, 4) is 0 Å². The van der Waals surface area contributed by atoms with Crippen molar-refractivity contribution < 1.29 is 4.74 Å². The van der Waals surface area contributed by atoms with E-state index in [1.54, 1.807) is 0 Å². The molecule has 1 fully saturated rings. The van der Waals surface area contributed by atoms with Crippen molar-refractivity contribution in [1.29, 1.82) is 0 Å². The molecule has 0 bridgehead atoms. The van der Waals surface area contributed by atoms with E-state index in [0.717, 1.165) is 50.6 Å². The molecule has 3 rings (SSSR count). The van der Waals surface area contributed by atoms with E-state index in [-0.39, 0.29) is 0 Å². The van der Waals surface area contributed by atoms with Gasteiger partial charge in [-0.1, -0.05) is 19.1 Å². The molecule has 1 saturated heterocycles. The highest BCUT2D eigenvalue weighted by Gasteiger charge is 2.15. The van der Waals surface area contributed by atoms with Gasteiger partial charge in [0, 0.05) is 25.0 Å². The van der Waals surface area contributed by atoms with Gasteiger partial charge in [-0.05, 0) is 31.0 Å². The van der Waals surface area contributed by atoms with Gasteiger partial charge < -0.3 is 15.0 Å². The zero-order valence-electron chi connectivity index (χ0n) is 12.9. The molecule has 4 heteroatoms. The van der Waals surface area contributed by atoms with Crippen LogP contribution in [-0.2, 0) is 4.74 Å². The van der Waals surface area contributed by atoms with Crippen LogP contribution in [-0.4, -0.2) is 37.8 Å². The molecule has 1 aliphatic rings. The van der Waals surface area contributed by atoms with Gasteiger partial charge in [0.05, 0.1) is 24.4 Å². The third kappa shape index (κ3) is 2.95. The molecule has 0 unspecified atom stereocenters. The first-order valence-electron chi connectivity index (χ1n) is 7.76. The fourth-order valence-corrected chi connectivity index (χ4v) is 2.77. The number of rotatable bonds is 4. The SMILES string of the molecule is CCCNc1nc2c(N3CCOCC3)cccc2cc1C. The first-order valence-corrected chi connectivity index (χ1v) is 7.76. The molecule has 0 aliphatic carbocycles. The number of hydrogen-bond acceptors (Lipinski definition) is 4. The van der Waals surface area contributed by atoms with Crippen molar-refractivity contribution >= 4 is 22.4 Å². The molecule has 4 nitrogen and oxygen atoms in total. The summed E-state index contributed by atoms with van der Waals surface area (Å²) in [6, 6.07) is 8.65. The summed E-state index contributed by atoms with van der Waals surface area (Å²) in [5.74, 6) is 1.00. The van der Waals surface area contributed by atoms with Gasteiger partial charge in [0.25, 0.3) is 0 Å². The fourth-order valence-electron chi connectivity index (χ4n) is 2.77. The van der Waals surface area contributed by atoms with Crippen LogP contribution in [0.1, 0.15) is 18.9 Å². The average molecular weight is 285 g/mol. The Hall–Kier alpha value is -1.81. The molecule has 2 aromatic rings. The van der Waals surface area contributed by atoms with Crippen molar-refractivity contribution in [2.24, 2.45) is 0 Å². The van der Waals surface area contributed by atoms with Crippen molar-refractivity contribution in [2.75, 3.05) is 43.1 Å². The summed E-state index contributed by atoms with van der Waals surface area (Å²) in [5, 5.41) is 4.64. The molecule has 112 valence electrons. The number of fused-ring (bicyclic) bond motifs is 1. The maximum Gasteiger partial charge on any atom is 0.129 e. The van der Waals surface area contributed by atoms with E-state index in [2.05, 4.69) is 48.3 Å². The third-order valence-corrected chi connectivity index (χ3v) is 3.91. The molecule has 1 aromatic carbocycles. The first kappa shape index (κ1) is 14.1. The molecule has 0 atom stereocenters. The van der Waals surface area contributed by atoms with Gasteiger partial charge in [0.15, 0.2) is 0 Å². The van der Waals surface area contributed by atoms with Crippen LogP contribution in [0.2, 0.25) is 0 Å². The van der Waals surface area contributed by atoms with Crippen molar-refractivity contribution in [1.82, 2.24) is 4.98 Å². The molecule has 21 heavy (non-hydrogen) atoms. The number of benzene rings is 1. The Morgan fingerprint density at radius 1 is 1.29 bits per heavy atom. The lowest BCUT2D eigenvalue weighted by Gasteiger charge is -2.29. The van der Waals surface area contributed by atoms with E-state index < -0.39 is 0 Å². The number of hydrogen-bond donors (Lipinski definition) is 1.